The van der Waals surface area contributed by atoms with Gasteiger partial charge < -0.3 is 14.8 Å². The van der Waals surface area contributed by atoms with Crippen LogP contribution >= 0.6 is 11.3 Å². The highest BCUT2D eigenvalue weighted by Crippen LogP contribution is 2.37. The lowest BCUT2D eigenvalue weighted by Gasteiger charge is -1.99. The van der Waals surface area contributed by atoms with Crippen molar-refractivity contribution in [1.82, 2.24) is 4.98 Å². The number of ether oxygens (including phenoxy) is 1. The van der Waals surface area contributed by atoms with Crippen LogP contribution in [0.3, 0.4) is 0 Å². The minimum Gasteiger partial charge on any atom is -0.496 e. The van der Waals surface area contributed by atoms with E-state index in [9.17, 15) is 4.79 Å². The Hall–Kier alpha value is -2.27. The molecule has 96 valence electrons. The van der Waals surface area contributed by atoms with Crippen molar-refractivity contribution in [2.75, 3.05) is 7.11 Å². The zero-order chi connectivity index (χ0) is 13.4. The largest absolute Gasteiger partial charge is 0.496 e. The Balaban J connectivity index is 2.12. The third kappa shape index (κ3) is 1.98. The topological polar surface area (TPSA) is 62.3 Å². The van der Waals surface area contributed by atoms with Gasteiger partial charge in [0.15, 0.2) is 0 Å². The van der Waals surface area contributed by atoms with Crippen molar-refractivity contribution in [3.63, 3.8) is 0 Å². The second-order valence-electron chi connectivity index (χ2n) is 4.07. The first-order valence-electron chi connectivity index (χ1n) is 5.68. The minimum atomic E-state index is -0.954. The molecule has 0 spiro atoms. The molecular weight excluding hydrogens is 262 g/mol. The maximum atomic E-state index is 10.9. The third-order valence-corrected chi connectivity index (χ3v) is 4.06. The standard InChI is InChI=1S/C14H11NO3S/c1-18-11-3-2-4-12-8(11)7-13(19-12)9-5-6-10(15-9)14(16)17/h2-7,15H,1H3,(H,16,17). The summed E-state index contributed by atoms with van der Waals surface area (Å²) in [6, 6.07) is 11.2. The zero-order valence-electron chi connectivity index (χ0n) is 10.1. The smallest absolute Gasteiger partial charge is 0.352 e. The monoisotopic (exact) mass is 273 g/mol. The number of thiophene rings is 1. The number of hydrogen-bond acceptors (Lipinski definition) is 3. The van der Waals surface area contributed by atoms with Gasteiger partial charge in [-0.25, -0.2) is 4.79 Å². The Morgan fingerprint density at radius 1 is 1.32 bits per heavy atom. The molecule has 0 bridgehead atoms. The highest BCUT2D eigenvalue weighted by Gasteiger charge is 2.11. The molecule has 0 unspecified atom stereocenters. The van der Waals surface area contributed by atoms with Crippen LogP contribution in [0.1, 0.15) is 10.5 Å². The molecule has 3 aromatic rings. The van der Waals surface area contributed by atoms with E-state index in [1.807, 2.05) is 24.3 Å². The first kappa shape index (κ1) is 11.8. The van der Waals surface area contributed by atoms with Crippen molar-refractivity contribution in [3.8, 4) is 16.3 Å². The van der Waals surface area contributed by atoms with Gasteiger partial charge in [-0.05, 0) is 30.3 Å². The number of fused-ring (bicyclic) bond motifs is 1. The molecule has 0 radical (unpaired) electrons. The Kier molecular flexibility index (Phi) is 2.76. The summed E-state index contributed by atoms with van der Waals surface area (Å²) in [5.41, 5.74) is 1.00. The van der Waals surface area contributed by atoms with Crippen molar-refractivity contribution >= 4 is 27.4 Å². The average molecular weight is 273 g/mol. The Bertz CT molecular complexity index is 757. The summed E-state index contributed by atoms with van der Waals surface area (Å²) in [5, 5.41) is 9.96. The van der Waals surface area contributed by atoms with Gasteiger partial charge in [0.25, 0.3) is 0 Å². The fraction of sp³-hybridized carbons (Fsp3) is 0.0714. The fourth-order valence-electron chi connectivity index (χ4n) is 2.01. The summed E-state index contributed by atoms with van der Waals surface area (Å²) in [5.74, 6) is -0.130. The summed E-state index contributed by atoms with van der Waals surface area (Å²) < 4.78 is 6.43. The van der Waals surface area contributed by atoms with Gasteiger partial charge in [0.1, 0.15) is 11.4 Å². The first-order chi connectivity index (χ1) is 9.19. The van der Waals surface area contributed by atoms with Crippen LogP contribution in [-0.4, -0.2) is 23.2 Å². The molecule has 0 aliphatic rings. The number of rotatable bonds is 3. The molecular formula is C14H11NO3S. The number of aromatic amines is 1. The quantitative estimate of drug-likeness (QED) is 0.766. The number of nitrogens with one attached hydrogen (secondary N) is 1. The van der Waals surface area contributed by atoms with E-state index in [-0.39, 0.29) is 5.69 Å². The lowest BCUT2D eigenvalue weighted by atomic mass is 10.2. The molecule has 0 aliphatic carbocycles. The lowest BCUT2D eigenvalue weighted by Crippen LogP contribution is -1.95. The van der Waals surface area contributed by atoms with E-state index < -0.39 is 5.97 Å². The van der Waals surface area contributed by atoms with E-state index in [1.54, 1.807) is 30.6 Å². The van der Waals surface area contributed by atoms with Gasteiger partial charge >= 0.3 is 5.97 Å². The van der Waals surface area contributed by atoms with Crippen LogP contribution in [0.5, 0.6) is 5.75 Å². The summed E-state index contributed by atoms with van der Waals surface area (Å²) in [7, 11) is 1.64. The van der Waals surface area contributed by atoms with Crippen molar-refractivity contribution in [2.24, 2.45) is 0 Å². The van der Waals surface area contributed by atoms with Crippen LogP contribution in [0, 0.1) is 0 Å². The van der Waals surface area contributed by atoms with Crippen LogP contribution in [0.4, 0.5) is 0 Å². The third-order valence-electron chi connectivity index (χ3n) is 2.92. The number of H-pyrrole nitrogens is 1. The second-order valence-corrected chi connectivity index (χ2v) is 5.16. The molecule has 0 atom stereocenters. The highest BCUT2D eigenvalue weighted by atomic mass is 32.1. The van der Waals surface area contributed by atoms with Crippen LogP contribution in [0.15, 0.2) is 36.4 Å². The molecule has 19 heavy (non-hydrogen) atoms. The first-order valence-corrected chi connectivity index (χ1v) is 6.50. The van der Waals surface area contributed by atoms with Gasteiger partial charge in [-0.1, -0.05) is 6.07 Å². The summed E-state index contributed by atoms with van der Waals surface area (Å²) in [4.78, 5) is 14.8. The Morgan fingerprint density at radius 3 is 2.84 bits per heavy atom. The molecule has 0 saturated heterocycles. The summed E-state index contributed by atoms with van der Waals surface area (Å²) >= 11 is 1.60. The minimum absolute atomic E-state index is 0.194. The van der Waals surface area contributed by atoms with E-state index in [4.69, 9.17) is 9.84 Å². The second kappa shape index (κ2) is 4.44. The molecule has 0 saturated carbocycles. The van der Waals surface area contributed by atoms with E-state index in [2.05, 4.69) is 4.98 Å². The molecule has 2 aromatic heterocycles. The SMILES string of the molecule is COc1cccc2sc(-c3ccc(C(=O)O)[nH]3)cc12. The van der Waals surface area contributed by atoms with E-state index >= 15 is 0 Å². The number of aromatic carboxylic acids is 1. The fourth-order valence-corrected chi connectivity index (χ4v) is 3.07. The molecule has 2 N–H and O–H groups in total. The van der Waals surface area contributed by atoms with Gasteiger partial charge in [0, 0.05) is 10.1 Å². The summed E-state index contributed by atoms with van der Waals surface area (Å²) in [6.45, 7) is 0. The number of aromatic nitrogens is 1. The van der Waals surface area contributed by atoms with Crippen molar-refractivity contribution in [1.29, 1.82) is 0 Å². The van der Waals surface area contributed by atoms with E-state index in [0.29, 0.717) is 0 Å². The predicted octanol–water partition coefficient (Wildman–Crippen LogP) is 3.60. The van der Waals surface area contributed by atoms with E-state index in [1.165, 1.54) is 0 Å². The van der Waals surface area contributed by atoms with Crippen LogP contribution in [0.25, 0.3) is 20.7 Å². The molecule has 5 heteroatoms. The molecule has 2 heterocycles. The van der Waals surface area contributed by atoms with Crippen molar-refractivity contribution in [2.45, 2.75) is 0 Å². The Labute approximate surface area is 113 Å². The lowest BCUT2D eigenvalue weighted by molar-refractivity contribution is 0.0691. The van der Waals surface area contributed by atoms with Gasteiger partial charge in [-0.3, -0.25) is 0 Å². The van der Waals surface area contributed by atoms with Gasteiger partial charge in [0.2, 0.25) is 0 Å². The number of hydrogen-bond donors (Lipinski definition) is 2. The molecule has 1 aromatic carbocycles. The van der Waals surface area contributed by atoms with Gasteiger partial charge in [-0.2, -0.15) is 0 Å². The average Bonchev–Trinajstić information content (AvgIpc) is 3.04. The van der Waals surface area contributed by atoms with Gasteiger partial charge in [-0.15, -0.1) is 11.3 Å². The van der Waals surface area contributed by atoms with Crippen molar-refractivity contribution in [3.05, 3.63) is 42.1 Å². The highest BCUT2D eigenvalue weighted by molar-refractivity contribution is 7.22. The van der Waals surface area contributed by atoms with Crippen LogP contribution < -0.4 is 4.74 Å². The Morgan fingerprint density at radius 2 is 2.16 bits per heavy atom. The predicted molar refractivity (Wildman–Crippen MR) is 75.1 cm³/mol. The zero-order valence-corrected chi connectivity index (χ0v) is 11.0. The van der Waals surface area contributed by atoms with Gasteiger partial charge in [0.05, 0.1) is 17.7 Å². The maximum Gasteiger partial charge on any atom is 0.352 e. The van der Waals surface area contributed by atoms with E-state index in [0.717, 1.165) is 26.4 Å². The van der Waals surface area contributed by atoms with Crippen LogP contribution in [-0.2, 0) is 0 Å². The molecule has 4 nitrogen and oxygen atoms in total. The number of carboxylic acids is 1. The normalized spacial score (nSPS) is 10.8. The number of carbonyl (C=O) groups is 1. The van der Waals surface area contributed by atoms with Crippen molar-refractivity contribution < 1.29 is 14.6 Å². The number of carboxylic acid groups (broad SMARTS) is 1. The number of benzene rings is 1. The molecule has 3 rings (SSSR count). The van der Waals surface area contributed by atoms with Crippen LogP contribution in [0.2, 0.25) is 0 Å². The maximum absolute atomic E-state index is 10.9. The molecule has 0 fully saturated rings. The number of methoxy groups -OCH3 is 1. The molecule has 0 aliphatic heterocycles. The summed E-state index contributed by atoms with van der Waals surface area (Å²) in [6.07, 6.45) is 0. The molecule has 0 amide bonds.